The summed E-state index contributed by atoms with van der Waals surface area (Å²) in [5.41, 5.74) is 29.1. The minimum Gasteiger partial charge on any atom is -0.870 e. The normalized spacial score (nSPS) is 12.1. The van der Waals surface area contributed by atoms with Gasteiger partial charge in [-0.1, -0.05) is 137 Å². The van der Waals surface area contributed by atoms with Crippen LogP contribution < -0.4 is 55.7 Å². The van der Waals surface area contributed by atoms with Crippen molar-refractivity contribution in [3.8, 4) is 39.5 Å². The van der Waals surface area contributed by atoms with Gasteiger partial charge in [0.2, 0.25) is 0 Å². The Kier molecular flexibility index (Phi) is 32.2. The molecule has 24 heteroatoms. The number of carbonyl (C=O) groups is 3. The average Bonchev–Trinajstić information content (AvgIpc) is 1.60. The fraction of sp³-hybridized carbons (Fsp3) is 0.217. The predicted octanol–water partition coefficient (Wildman–Crippen LogP) is 17.7. The molecule has 0 saturated carbocycles. The van der Waals surface area contributed by atoms with Crippen LogP contribution in [0.25, 0.3) is 87.5 Å². The van der Waals surface area contributed by atoms with Crippen molar-refractivity contribution in [2.75, 3.05) is 30.4 Å². The van der Waals surface area contributed by atoms with Crippen molar-refractivity contribution >= 4 is 129 Å². The Morgan fingerprint density at radius 1 is 0.440 bits per heavy atom. The van der Waals surface area contributed by atoms with E-state index in [1.807, 2.05) is 198 Å². The first-order valence-corrected chi connectivity index (χ1v) is 36.6. The number of aromatic nitrogens is 3. The molecule has 0 radical (unpaired) electrons. The number of benzene rings is 9. The van der Waals surface area contributed by atoms with E-state index in [2.05, 4.69) is 43.0 Å². The number of fused-ring (bicyclic) bond motifs is 6. The molecule has 0 atom stereocenters. The van der Waals surface area contributed by atoms with Crippen molar-refractivity contribution in [1.82, 2.24) is 15.0 Å². The maximum Gasteiger partial charge on any atom is 1.00 e. The fourth-order valence-electron chi connectivity index (χ4n) is 12.9. The molecule has 1 fully saturated rings. The summed E-state index contributed by atoms with van der Waals surface area (Å²) < 4.78 is 59.3. The number of carboxylic acids is 1. The van der Waals surface area contributed by atoms with Crippen LogP contribution in [0.1, 0.15) is 105 Å². The van der Waals surface area contributed by atoms with Crippen LogP contribution in [-0.4, -0.2) is 75.0 Å². The molecule has 15 aromatic rings. The Morgan fingerprint density at radius 3 is 1.19 bits per heavy atom. The third-order valence-corrected chi connectivity index (χ3v) is 19.6. The number of rotatable bonds is 20. The molecule has 9 aromatic carbocycles. The van der Waals surface area contributed by atoms with Gasteiger partial charge in [0.15, 0.2) is 0 Å². The first-order chi connectivity index (χ1) is 53.2. The zero-order valence-electron chi connectivity index (χ0n) is 62.9. The molecule has 7 heterocycles. The van der Waals surface area contributed by atoms with Gasteiger partial charge in [0.05, 0.1) is 62.5 Å². The van der Waals surface area contributed by atoms with Gasteiger partial charge in [0.1, 0.15) is 71.3 Å². The Hall–Kier alpha value is -11.9. The van der Waals surface area contributed by atoms with Crippen LogP contribution in [0.5, 0.6) is 17.2 Å². The number of para-hydroxylation sites is 3. The van der Waals surface area contributed by atoms with Crippen molar-refractivity contribution in [3.05, 3.63) is 275 Å². The smallest absolute Gasteiger partial charge is 0.870 e. The summed E-state index contributed by atoms with van der Waals surface area (Å²) in [6.07, 6.45) is 10.4. The van der Waals surface area contributed by atoms with Crippen LogP contribution in [0, 0.1) is 0 Å². The zero-order valence-corrected chi connectivity index (χ0v) is 64.5. The van der Waals surface area contributed by atoms with Crippen molar-refractivity contribution < 1.29 is 90.1 Å². The molecule has 1 aliphatic heterocycles. The second-order valence-corrected chi connectivity index (χ2v) is 28.0. The number of ether oxygens (including phenoxy) is 5. The number of aliphatic carboxylic acids is 1. The summed E-state index contributed by atoms with van der Waals surface area (Å²) in [4.78, 5) is 47.5. The number of carbonyl (C=O) groups excluding carboxylic acids is 2. The van der Waals surface area contributed by atoms with E-state index in [0.717, 1.165) is 125 Å². The molecular formula is C92H97BBrLiN6O15. The molecule has 116 heavy (non-hydrogen) atoms. The average molecular weight is 1620 g/mol. The summed E-state index contributed by atoms with van der Waals surface area (Å²) >= 11 is 3.38. The minimum atomic E-state index is -0.895. The number of anilines is 3. The van der Waals surface area contributed by atoms with Gasteiger partial charge >= 0.3 is 43.9 Å². The number of nitrogen functional groups attached to an aromatic ring is 3. The molecule has 6 aromatic heterocycles. The molecule has 596 valence electrons. The van der Waals surface area contributed by atoms with E-state index >= 15 is 0 Å². The molecule has 0 bridgehead atoms. The third kappa shape index (κ3) is 21.5. The molecule has 8 N–H and O–H groups in total. The zero-order chi connectivity index (χ0) is 77.1. The van der Waals surface area contributed by atoms with E-state index in [-0.39, 0.29) is 85.2 Å². The summed E-state index contributed by atoms with van der Waals surface area (Å²) in [6, 6.07) is 64.1. The number of nitrogens with zero attached hydrogens (tertiary/aromatic N) is 3. The summed E-state index contributed by atoms with van der Waals surface area (Å²) in [5.74, 6) is 1.99. The molecule has 21 nitrogen and oxygen atoms in total. The standard InChI is InChI=1S/C28H24N2O4.C26H20N2O4.C25H29BO6.C9H7BrN2.4CH4.Li.H2O/c1-2-32-26(31)16-21-5-3-4-6-25(21)34-17-18-13-22-10-12-33-27(22)23(14-18)20-8-7-19-9-11-30-28(29)24(19)15-20;27-26-22-13-18(6-5-17(22)7-9-28-26)21-12-16(11-20-8-10-31-25(20)21)15-32-23-4-2-1-3-19(23)14-24(29)30;1-6-28-22(27)15-18-9-7-8-10-21(18)30-16-17-13-19-11-12-29-23(19)20(14-17)26-31-24(2,3)25(4,5)32-26;10-7-2-1-6-3-4-12-9(11)8(6)5-7;;;;;;/h3-15H,2,16-17H2,1H3,(H2,29,30);1-13H,14-15H2,(H2,27,28)(H,29,30);7-14H,6,15-16H2,1-5H3;1-5H,(H2,11,12);4*1H4;;1H2/q;;;;;;;;+1;/p-1. The number of carboxylic acid groups (broad SMARTS) is 1. The molecule has 16 rings (SSSR count). The minimum absolute atomic E-state index is 0. The molecule has 0 spiro atoms. The monoisotopic (exact) mass is 1620 g/mol. The third-order valence-electron chi connectivity index (χ3n) is 19.1. The fourth-order valence-corrected chi connectivity index (χ4v) is 13.3. The second-order valence-electron chi connectivity index (χ2n) is 27.1. The number of pyridine rings is 3. The summed E-state index contributed by atoms with van der Waals surface area (Å²) in [6.45, 7) is 13.4. The van der Waals surface area contributed by atoms with Gasteiger partial charge in [-0.15, -0.1) is 0 Å². The van der Waals surface area contributed by atoms with E-state index in [0.29, 0.717) is 73.3 Å². The van der Waals surface area contributed by atoms with E-state index in [9.17, 15) is 14.4 Å². The Morgan fingerprint density at radius 2 is 0.793 bits per heavy atom. The van der Waals surface area contributed by atoms with Crippen LogP contribution in [-0.2, 0) is 72.2 Å². The SMILES string of the molecule is C.C.C.C.CCOC(=O)Cc1ccccc1OCc1cc(-c2ccc3ccnc(N)c3c2)c2occc2c1.CCOC(=O)Cc1ccccc1OCc1cc(B2OC(C)(C)C(C)(C)O2)c2occc2c1.Nc1nccc2ccc(-c3cc(COc4ccccc4CC(=O)O)cc4ccoc34)cc12.Nc1nccc2ccc(Br)cc12.[Li+].[OH-]. The number of halogens is 1. The van der Waals surface area contributed by atoms with Gasteiger partial charge in [0.25, 0.3) is 0 Å². The Balaban J connectivity index is 0.000000219. The second kappa shape index (κ2) is 40.9. The molecule has 0 unspecified atom stereocenters. The molecule has 0 aliphatic carbocycles. The topological polar surface area (TPSA) is 322 Å². The van der Waals surface area contributed by atoms with Gasteiger partial charge in [-0.25, -0.2) is 15.0 Å². The van der Waals surface area contributed by atoms with Crippen molar-refractivity contribution in [2.45, 2.75) is 122 Å². The number of esters is 2. The molecule has 1 saturated heterocycles. The van der Waals surface area contributed by atoms with Gasteiger partial charge in [0, 0.05) is 88.7 Å². The quantitative estimate of drug-likeness (QED) is 0.0407. The van der Waals surface area contributed by atoms with Crippen molar-refractivity contribution in [1.29, 1.82) is 0 Å². The van der Waals surface area contributed by atoms with Crippen LogP contribution in [0.15, 0.2) is 255 Å². The summed E-state index contributed by atoms with van der Waals surface area (Å²) in [5, 5.41) is 18.0. The first-order valence-electron chi connectivity index (χ1n) is 35.8. The van der Waals surface area contributed by atoms with Crippen molar-refractivity contribution in [3.63, 3.8) is 0 Å². The van der Waals surface area contributed by atoms with E-state index in [1.165, 1.54) is 0 Å². The maximum atomic E-state index is 12.0. The molecular weight excluding hydrogens is 1530 g/mol. The predicted molar refractivity (Wildman–Crippen MR) is 462 cm³/mol. The van der Waals surface area contributed by atoms with E-state index < -0.39 is 24.3 Å². The van der Waals surface area contributed by atoms with Gasteiger partial charge in [-0.2, -0.15) is 0 Å². The van der Waals surface area contributed by atoms with Crippen molar-refractivity contribution in [2.24, 2.45) is 0 Å². The summed E-state index contributed by atoms with van der Waals surface area (Å²) in [7, 11) is -0.537. The first kappa shape index (κ1) is 91.2. The number of nitrogens with two attached hydrogens (primary N) is 3. The van der Waals surface area contributed by atoms with Crippen LogP contribution in [0.2, 0.25) is 0 Å². The largest absolute Gasteiger partial charge is 1.00 e. The number of furan rings is 3. The van der Waals surface area contributed by atoms with Gasteiger partial charge < -0.3 is 74.0 Å². The van der Waals surface area contributed by atoms with Crippen LogP contribution in [0.3, 0.4) is 0 Å². The van der Waals surface area contributed by atoms with Gasteiger partial charge in [-0.3, -0.25) is 14.4 Å². The Labute approximate surface area is 696 Å². The Bertz CT molecular complexity index is 5850. The molecule has 1 aliphatic rings. The molecule has 0 amide bonds. The van der Waals surface area contributed by atoms with E-state index in [1.54, 1.807) is 69.4 Å². The van der Waals surface area contributed by atoms with Crippen LogP contribution >= 0.6 is 15.9 Å². The van der Waals surface area contributed by atoms with Crippen LogP contribution in [0.4, 0.5) is 17.5 Å². The number of hydrogen-bond acceptors (Lipinski definition) is 20. The maximum absolute atomic E-state index is 12.0. The van der Waals surface area contributed by atoms with Gasteiger partial charge in [-0.05, 0) is 195 Å². The number of hydrogen-bond donors (Lipinski definition) is 4. The van der Waals surface area contributed by atoms with E-state index in [4.69, 9.17) is 68.6 Å².